The van der Waals surface area contributed by atoms with Crippen LogP contribution in [0.25, 0.3) is 0 Å². The number of ether oxygens (including phenoxy) is 1. The molecule has 0 saturated carbocycles. The normalized spacial score (nSPS) is 11.9. The first kappa shape index (κ1) is 16.2. The topological polar surface area (TPSA) is 95.7 Å². The molecule has 0 radical (unpaired) electrons. The summed E-state index contributed by atoms with van der Waals surface area (Å²) in [5, 5.41) is 8.95. The molecule has 0 fully saturated rings. The van der Waals surface area contributed by atoms with Crippen molar-refractivity contribution in [1.82, 2.24) is 0 Å². The van der Waals surface area contributed by atoms with Gasteiger partial charge in [-0.3, -0.25) is 0 Å². The largest absolute Gasteiger partial charge is 0.488 e. The zero-order valence-corrected chi connectivity index (χ0v) is 12.3. The number of nitrogens with zero attached hydrogens (tertiary/aromatic N) is 1. The Morgan fingerprint density at radius 3 is 2.20 bits per heavy atom. The van der Waals surface area contributed by atoms with Crippen molar-refractivity contribution in [3.8, 4) is 5.75 Å². The molecular formula is C12H17NO6S. The van der Waals surface area contributed by atoms with Gasteiger partial charge in [0.15, 0.2) is 9.84 Å². The van der Waals surface area contributed by atoms with Crippen molar-refractivity contribution in [1.29, 1.82) is 0 Å². The van der Waals surface area contributed by atoms with Gasteiger partial charge in [-0.1, -0.05) is 0 Å². The van der Waals surface area contributed by atoms with Crippen LogP contribution in [-0.4, -0.2) is 31.5 Å². The Hall–Kier alpha value is -1.83. The van der Waals surface area contributed by atoms with Crippen LogP contribution in [0, 0.1) is 10.1 Å². The first-order valence-electron chi connectivity index (χ1n) is 5.89. The summed E-state index contributed by atoms with van der Waals surface area (Å²) in [6.45, 7) is 5.15. The van der Waals surface area contributed by atoms with Crippen LogP contribution in [-0.2, 0) is 14.7 Å². The molecule has 0 aliphatic carbocycles. The average Bonchev–Trinajstić information content (AvgIpc) is 2.26. The molecule has 0 aromatic heterocycles. The highest BCUT2D eigenvalue weighted by Gasteiger charge is 2.16. The van der Waals surface area contributed by atoms with Gasteiger partial charge in [0.25, 0.3) is 5.09 Å². The molecule has 8 heteroatoms. The maximum absolute atomic E-state index is 11.9. The molecule has 1 aromatic rings. The van der Waals surface area contributed by atoms with E-state index in [1.54, 1.807) is 12.1 Å². The van der Waals surface area contributed by atoms with Crippen molar-refractivity contribution in [2.24, 2.45) is 0 Å². The smallest absolute Gasteiger partial charge is 0.294 e. The summed E-state index contributed by atoms with van der Waals surface area (Å²) in [6, 6.07) is 5.91. The van der Waals surface area contributed by atoms with Crippen molar-refractivity contribution in [2.45, 2.75) is 31.3 Å². The van der Waals surface area contributed by atoms with Gasteiger partial charge in [0.05, 0.1) is 10.6 Å². The Morgan fingerprint density at radius 1 is 1.20 bits per heavy atom. The Labute approximate surface area is 117 Å². The Morgan fingerprint density at radius 2 is 1.75 bits per heavy atom. The van der Waals surface area contributed by atoms with Gasteiger partial charge in [-0.2, -0.15) is 0 Å². The van der Waals surface area contributed by atoms with Crippen LogP contribution in [0.15, 0.2) is 29.2 Å². The van der Waals surface area contributed by atoms with E-state index in [1.807, 2.05) is 20.8 Å². The molecule has 0 bridgehead atoms. The fourth-order valence-electron chi connectivity index (χ4n) is 1.41. The highest BCUT2D eigenvalue weighted by Crippen LogP contribution is 2.21. The zero-order valence-electron chi connectivity index (χ0n) is 11.5. The number of rotatable bonds is 6. The van der Waals surface area contributed by atoms with Gasteiger partial charge >= 0.3 is 0 Å². The monoisotopic (exact) mass is 303 g/mol. The van der Waals surface area contributed by atoms with Crippen LogP contribution < -0.4 is 4.74 Å². The van der Waals surface area contributed by atoms with E-state index in [2.05, 4.69) is 4.84 Å². The summed E-state index contributed by atoms with van der Waals surface area (Å²) >= 11 is 0. The quantitative estimate of drug-likeness (QED) is 0.588. The molecule has 0 amide bonds. The third kappa shape index (κ3) is 5.43. The van der Waals surface area contributed by atoms with Gasteiger partial charge in [-0.25, -0.2) is 8.42 Å². The molecule has 0 N–H and O–H groups in total. The third-order valence-corrected chi connectivity index (χ3v) is 3.85. The maximum atomic E-state index is 11.9. The van der Waals surface area contributed by atoms with Crippen LogP contribution in [0.4, 0.5) is 0 Å². The van der Waals surface area contributed by atoms with E-state index in [-0.39, 0.29) is 10.5 Å². The molecule has 112 valence electrons. The highest BCUT2D eigenvalue weighted by atomic mass is 32.2. The average molecular weight is 303 g/mol. The van der Waals surface area contributed by atoms with Gasteiger partial charge in [0.1, 0.15) is 18.0 Å². The van der Waals surface area contributed by atoms with E-state index in [9.17, 15) is 18.5 Å². The predicted octanol–water partition coefficient (Wildman–Crippen LogP) is 1.85. The SMILES string of the molecule is CC(C)(C)Oc1ccc(S(=O)(=O)CCO[N+](=O)[O-])cc1. The third-order valence-electron chi connectivity index (χ3n) is 2.16. The summed E-state index contributed by atoms with van der Waals surface area (Å²) in [4.78, 5) is 14.1. The second kappa shape index (κ2) is 6.08. The van der Waals surface area contributed by atoms with Gasteiger partial charge in [0.2, 0.25) is 0 Å². The molecule has 0 heterocycles. The van der Waals surface area contributed by atoms with E-state index >= 15 is 0 Å². The van der Waals surface area contributed by atoms with Gasteiger partial charge in [-0.05, 0) is 45.0 Å². The lowest BCUT2D eigenvalue weighted by Gasteiger charge is -2.21. The van der Waals surface area contributed by atoms with Crippen LogP contribution >= 0.6 is 0 Å². The zero-order chi connectivity index (χ0) is 15.4. The molecule has 7 nitrogen and oxygen atoms in total. The van der Waals surface area contributed by atoms with E-state index in [4.69, 9.17) is 4.74 Å². The highest BCUT2D eigenvalue weighted by molar-refractivity contribution is 7.91. The lowest BCUT2D eigenvalue weighted by atomic mass is 10.2. The molecule has 0 spiro atoms. The molecule has 20 heavy (non-hydrogen) atoms. The maximum Gasteiger partial charge on any atom is 0.294 e. The van der Waals surface area contributed by atoms with E-state index < -0.39 is 27.3 Å². The standard InChI is InChI=1S/C12H17NO6S/c1-12(2,3)19-10-4-6-11(7-5-10)20(16,17)9-8-18-13(14)15/h4-7H,8-9H2,1-3H3. The molecule has 0 saturated heterocycles. The fourth-order valence-corrected chi connectivity index (χ4v) is 2.49. The predicted molar refractivity (Wildman–Crippen MR) is 71.8 cm³/mol. The molecule has 0 aliphatic heterocycles. The summed E-state index contributed by atoms with van der Waals surface area (Å²) in [7, 11) is -3.60. The first-order valence-corrected chi connectivity index (χ1v) is 7.54. The lowest BCUT2D eigenvalue weighted by molar-refractivity contribution is -0.756. The first-order chi connectivity index (χ1) is 9.10. The van der Waals surface area contributed by atoms with E-state index in [1.165, 1.54) is 12.1 Å². The molecular weight excluding hydrogens is 286 g/mol. The van der Waals surface area contributed by atoms with Crippen molar-refractivity contribution in [3.05, 3.63) is 34.4 Å². The Kier molecular flexibility index (Phi) is 4.93. The molecule has 0 unspecified atom stereocenters. The number of hydrogen-bond donors (Lipinski definition) is 0. The van der Waals surface area contributed by atoms with Crippen LogP contribution in [0.2, 0.25) is 0 Å². The van der Waals surface area contributed by atoms with Crippen molar-refractivity contribution >= 4 is 9.84 Å². The van der Waals surface area contributed by atoms with Crippen molar-refractivity contribution in [2.75, 3.05) is 12.4 Å². The minimum atomic E-state index is -3.60. The van der Waals surface area contributed by atoms with Crippen molar-refractivity contribution in [3.63, 3.8) is 0 Å². The van der Waals surface area contributed by atoms with Gasteiger partial charge in [0, 0.05) is 0 Å². The second-order valence-electron chi connectivity index (χ2n) is 5.06. The number of hydrogen-bond acceptors (Lipinski definition) is 6. The molecule has 1 rings (SSSR count). The summed E-state index contributed by atoms with van der Waals surface area (Å²) in [6.07, 6.45) is 0. The molecule has 0 atom stereocenters. The number of sulfone groups is 1. The van der Waals surface area contributed by atoms with Gasteiger partial charge < -0.3 is 9.57 Å². The minimum Gasteiger partial charge on any atom is -0.488 e. The lowest BCUT2D eigenvalue weighted by Crippen LogP contribution is -2.23. The van der Waals surface area contributed by atoms with Crippen molar-refractivity contribution < 1.29 is 23.1 Å². The fraction of sp³-hybridized carbons (Fsp3) is 0.500. The summed E-state index contributed by atoms with van der Waals surface area (Å²) in [5.41, 5.74) is -0.375. The van der Waals surface area contributed by atoms with E-state index in [0.29, 0.717) is 5.75 Å². The van der Waals surface area contributed by atoms with Crippen LogP contribution in [0.3, 0.4) is 0 Å². The van der Waals surface area contributed by atoms with E-state index in [0.717, 1.165) is 0 Å². The van der Waals surface area contributed by atoms with Crippen LogP contribution in [0.5, 0.6) is 5.75 Å². The Balaban J connectivity index is 2.74. The summed E-state index contributed by atoms with van der Waals surface area (Å²) in [5.74, 6) is 0.103. The molecule has 1 aromatic carbocycles. The minimum absolute atomic E-state index is 0.0747. The summed E-state index contributed by atoms with van der Waals surface area (Å²) < 4.78 is 29.3. The number of benzene rings is 1. The van der Waals surface area contributed by atoms with Gasteiger partial charge in [-0.15, -0.1) is 10.1 Å². The van der Waals surface area contributed by atoms with Crippen LogP contribution in [0.1, 0.15) is 20.8 Å². The Bertz CT molecular complexity index is 559. The second-order valence-corrected chi connectivity index (χ2v) is 7.17. The molecule has 0 aliphatic rings.